The summed E-state index contributed by atoms with van der Waals surface area (Å²) < 4.78 is 12.9. The second-order valence-corrected chi connectivity index (χ2v) is 4.35. The standard InChI is InChI=1S/C15H12FN3/c1-10-9-15(19-18-10)14-4-2-3-13(17-14)11-5-7-12(16)8-6-11/h2-9H,1H3,(H,18,19). The molecule has 19 heavy (non-hydrogen) atoms. The first-order valence-corrected chi connectivity index (χ1v) is 5.98. The number of aryl methyl sites for hydroxylation is 1. The Morgan fingerprint density at radius 2 is 1.68 bits per heavy atom. The summed E-state index contributed by atoms with van der Waals surface area (Å²) in [7, 11) is 0. The van der Waals surface area contributed by atoms with Gasteiger partial charge in [-0.1, -0.05) is 6.07 Å². The molecule has 0 spiro atoms. The number of hydrogen-bond acceptors (Lipinski definition) is 2. The predicted molar refractivity (Wildman–Crippen MR) is 71.9 cm³/mol. The fourth-order valence-corrected chi connectivity index (χ4v) is 1.91. The zero-order valence-corrected chi connectivity index (χ0v) is 10.4. The number of nitrogens with one attached hydrogen (secondary N) is 1. The lowest BCUT2D eigenvalue weighted by atomic mass is 10.1. The zero-order valence-electron chi connectivity index (χ0n) is 10.4. The highest BCUT2D eigenvalue weighted by atomic mass is 19.1. The summed E-state index contributed by atoms with van der Waals surface area (Å²) in [6.45, 7) is 1.94. The molecule has 3 rings (SSSR count). The van der Waals surface area contributed by atoms with Gasteiger partial charge in [0.1, 0.15) is 11.5 Å². The maximum absolute atomic E-state index is 12.9. The first-order chi connectivity index (χ1) is 9.22. The molecule has 2 aromatic heterocycles. The number of aromatic amines is 1. The van der Waals surface area contributed by atoms with Gasteiger partial charge < -0.3 is 0 Å². The Morgan fingerprint density at radius 3 is 2.37 bits per heavy atom. The van der Waals surface area contributed by atoms with Crippen LogP contribution in [0, 0.1) is 12.7 Å². The van der Waals surface area contributed by atoms with Crippen molar-refractivity contribution in [2.45, 2.75) is 6.92 Å². The molecule has 0 saturated carbocycles. The third-order valence-corrected chi connectivity index (χ3v) is 2.86. The second kappa shape index (κ2) is 4.65. The first-order valence-electron chi connectivity index (χ1n) is 5.98. The quantitative estimate of drug-likeness (QED) is 0.758. The lowest BCUT2D eigenvalue weighted by Crippen LogP contribution is -1.88. The van der Waals surface area contributed by atoms with E-state index >= 15 is 0 Å². The average molecular weight is 253 g/mol. The van der Waals surface area contributed by atoms with Gasteiger partial charge in [0, 0.05) is 11.3 Å². The molecule has 0 atom stereocenters. The van der Waals surface area contributed by atoms with Crippen LogP contribution < -0.4 is 0 Å². The van der Waals surface area contributed by atoms with E-state index in [-0.39, 0.29) is 5.82 Å². The Labute approximate surface area is 110 Å². The number of H-pyrrole nitrogens is 1. The minimum atomic E-state index is -0.247. The van der Waals surface area contributed by atoms with Crippen LogP contribution in [-0.4, -0.2) is 15.2 Å². The van der Waals surface area contributed by atoms with E-state index in [2.05, 4.69) is 15.2 Å². The van der Waals surface area contributed by atoms with Gasteiger partial charge in [0.2, 0.25) is 0 Å². The molecule has 2 heterocycles. The van der Waals surface area contributed by atoms with Crippen molar-refractivity contribution in [2.75, 3.05) is 0 Å². The van der Waals surface area contributed by atoms with Gasteiger partial charge in [-0.15, -0.1) is 0 Å². The van der Waals surface area contributed by atoms with Gasteiger partial charge in [-0.3, -0.25) is 5.10 Å². The Kier molecular flexibility index (Phi) is 2.83. The van der Waals surface area contributed by atoms with Crippen LogP contribution in [0.1, 0.15) is 5.69 Å². The number of benzene rings is 1. The Balaban J connectivity index is 2.02. The number of nitrogens with zero attached hydrogens (tertiary/aromatic N) is 2. The Hall–Kier alpha value is -2.49. The summed E-state index contributed by atoms with van der Waals surface area (Å²) >= 11 is 0. The van der Waals surface area contributed by atoms with Crippen LogP contribution in [0.3, 0.4) is 0 Å². The summed E-state index contributed by atoms with van der Waals surface area (Å²) in [6, 6.07) is 14.0. The molecule has 0 aliphatic rings. The number of rotatable bonds is 2. The summed E-state index contributed by atoms with van der Waals surface area (Å²) in [5.74, 6) is -0.247. The molecule has 0 fully saturated rings. The van der Waals surface area contributed by atoms with Gasteiger partial charge in [0.05, 0.1) is 11.4 Å². The monoisotopic (exact) mass is 253 g/mol. The minimum Gasteiger partial charge on any atom is -0.282 e. The van der Waals surface area contributed by atoms with Crippen LogP contribution in [0.15, 0.2) is 48.5 Å². The van der Waals surface area contributed by atoms with E-state index in [9.17, 15) is 4.39 Å². The Bertz CT molecular complexity index is 701. The first kappa shape index (κ1) is 11.6. The molecule has 0 aliphatic heterocycles. The van der Waals surface area contributed by atoms with E-state index < -0.39 is 0 Å². The molecule has 0 amide bonds. The fourth-order valence-electron chi connectivity index (χ4n) is 1.91. The molecule has 0 radical (unpaired) electrons. The van der Waals surface area contributed by atoms with Gasteiger partial charge in [0.25, 0.3) is 0 Å². The molecule has 0 aliphatic carbocycles. The van der Waals surface area contributed by atoms with Crippen molar-refractivity contribution in [3.8, 4) is 22.6 Å². The van der Waals surface area contributed by atoms with Crippen molar-refractivity contribution in [2.24, 2.45) is 0 Å². The van der Waals surface area contributed by atoms with Gasteiger partial charge >= 0.3 is 0 Å². The van der Waals surface area contributed by atoms with Crippen LogP contribution in [-0.2, 0) is 0 Å². The SMILES string of the molecule is Cc1cc(-c2cccc(-c3ccc(F)cc3)n2)n[nH]1. The summed E-state index contributed by atoms with van der Waals surface area (Å²) in [4.78, 5) is 4.55. The molecule has 1 aromatic carbocycles. The molecule has 3 aromatic rings. The van der Waals surface area contributed by atoms with Crippen molar-refractivity contribution in [3.05, 3.63) is 60.0 Å². The van der Waals surface area contributed by atoms with Crippen LogP contribution >= 0.6 is 0 Å². The molecule has 94 valence electrons. The van der Waals surface area contributed by atoms with E-state index in [1.165, 1.54) is 12.1 Å². The molecule has 0 unspecified atom stereocenters. The second-order valence-electron chi connectivity index (χ2n) is 4.35. The van der Waals surface area contributed by atoms with E-state index in [1.54, 1.807) is 12.1 Å². The maximum atomic E-state index is 12.9. The van der Waals surface area contributed by atoms with Gasteiger partial charge in [-0.05, 0) is 49.4 Å². The van der Waals surface area contributed by atoms with Crippen molar-refractivity contribution in [3.63, 3.8) is 0 Å². The van der Waals surface area contributed by atoms with E-state index in [0.717, 1.165) is 28.3 Å². The average Bonchev–Trinajstić information content (AvgIpc) is 2.86. The van der Waals surface area contributed by atoms with Gasteiger partial charge in [-0.25, -0.2) is 9.37 Å². The third kappa shape index (κ3) is 2.38. The Morgan fingerprint density at radius 1 is 0.947 bits per heavy atom. The summed E-state index contributed by atoms with van der Waals surface area (Å²) in [6.07, 6.45) is 0. The van der Waals surface area contributed by atoms with E-state index in [1.807, 2.05) is 31.2 Å². The molecule has 3 nitrogen and oxygen atoms in total. The minimum absolute atomic E-state index is 0.247. The molecular weight excluding hydrogens is 241 g/mol. The van der Waals surface area contributed by atoms with Crippen LogP contribution in [0.25, 0.3) is 22.6 Å². The smallest absolute Gasteiger partial charge is 0.123 e. The van der Waals surface area contributed by atoms with Gasteiger partial charge in [0.15, 0.2) is 0 Å². The van der Waals surface area contributed by atoms with Crippen molar-refractivity contribution >= 4 is 0 Å². The molecule has 1 N–H and O–H groups in total. The van der Waals surface area contributed by atoms with Crippen molar-refractivity contribution in [1.82, 2.24) is 15.2 Å². The number of hydrogen-bond donors (Lipinski definition) is 1. The maximum Gasteiger partial charge on any atom is 0.123 e. The van der Waals surface area contributed by atoms with Gasteiger partial charge in [-0.2, -0.15) is 5.10 Å². The largest absolute Gasteiger partial charge is 0.282 e. The van der Waals surface area contributed by atoms with Crippen LogP contribution in [0.5, 0.6) is 0 Å². The molecule has 0 bridgehead atoms. The lowest BCUT2D eigenvalue weighted by Gasteiger charge is -2.02. The van der Waals surface area contributed by atoms with E-state index in [4.69, 9.17) is 0 Å². The number of halogens is 1. The summed E-state index contributed by atoms with van der Waals surface area (Å²) in [5.41, 5.74) is 4.28. The van der Waals surface area contributed by atoms with Crippen LogP contribution in [0.2, 0.25) is 0 Å². The van der Waals surface area contributed by atoms with E-state index in [0.29, 0.717) is 0 Å². The van der Waals surface area contributed by atoms with Crippen molar-refractivity contribution < 1.29 is 4.39 Å². The molecule has 4 heteroatoms. The highest BCUT2D eigenvalue weighted by Gasteiger charge is 2.06. The number of aromatic nitrogens is 3. The zero-order chi connectivity index (χ0) is 13.2. The molecular formula is C15H12FN3. The fraction of sp³-hybridized carbons (Fsp3) is 0.0667. The van der Waals surface area contributed by atoms with Crippen molar-refractivity contribution in [1.29, 1.82) is 0 Å². The topological polar surface area (TPSA) is 41.6 Å². The third-order valence-electron chi connectivity index (χ3n) is 2.86. The number of pyridine rings is 1. The lowest BCUT2D eigenvalue weighted by molar-refractivity contribution is 0.628. The summed E-state index contributed by atoms with van der Waals surface area (Å²) in [5, 5.41) is 7.08. The normalized spacial score (nSPS) is 10.6. The van der Waals surface area contributed by atoms with Crippen LogP contribution in [0.4, 0.5) is 4.39 Å². The predicted octanol–water partition coefficient (Wildman–Crippen LogP) is 3.59. The molecule has 0 saturated heterocycles. The highest BCUT2D eigenvalue weighted by molar-refractivity contribution is 5.64. The highest BCUT2D eigenvalue weighted by Crippen LogP contribution is 2.21.